The van der Waals surface area contributed by atoms with Crippen LogP contribution in [0.15, 0.2) is 46.5 Å². The van der Waals surface area contributed by atoms with Crippen molar-refractivity contribution in [2.75, 3.05) is 19.6 Å². The summed E-state index contributed by atoms with van der Waals surface area (Å²) in [5.74, 6) is 0.0294. The van der Waals surface area contributed by atoms with Crippen LogP contribution in [0.2, 0.25) is 5.02 Å². The molecule has 1 fully saturated rings. The molecule has 1 aliphatic rings. The quantitative estimate of drug-likeness (QED) is 0.406. The van der Waals surface area contributed by atoms with Gasteiger partial charge >= 0.3 is 0 Å². The molecular formula is C21H26ClN3O5S. The van der Waals surface area contributed by atoms with E-state index in [0.29, 0.717) is 12.5 Å². The number of benzene rings is 2. The molecule has 3 rings (SSSR count). The van der Waals surface area contributed by atoms with Crippen molar-refractivity contribution in [3.63, 3.8) is 0 Å². The van der Waals surface area contributed by atoms with Gasteiger partial charge in [-0.25, -0.2) is 13.1 Å². The number of nitrogens with zero attached hydrogens (tertiary/aromatic N) is 2. The van der Waals surface area contributed by atoms with Gasteiger partial charge in [0, 0.05) is 23.7 Å². The van der Waals surface area contributed by atoms with Crippen molar-refractivity contribution in [2.24, 2.45) is 5.18 Å². The maximum Gasteiger partial charge on any atom is 0.244 e. The Morgan fingerprint density at radius 2 is 2.06 bits per heavy atom. The average molecular weight is 468 g/mol. The van der Waals surface area contributed by atoms with Crippen LogP contribution in [-0.4, -0.2) is 44.1 Å². The fraction of sp³-hybridized carbons (Fsp3) is 0.429. The van der Waals surface area contributed by atoms with E-state index in [1.807, 2.05) is 0 Å². The zero-order valence-corrected chi connectivity index (χ0v) is 18.8. The van der Waals surface area contributed by atoms with E-state index in [-0.39, 0.29) is 39.4 Å². The van der Waals surface area contributed by atoms with Crippen LogP contribution in [0.25, 0.3) is 0 Å². The smallest absolute Gasteiger partial charge is 0.244 e. The molecule has 1 heterocycles. The first-order valence-electron chi connectivity index (χ1n) is 10.2. The summed E-state index contributed by atoms with van der Waals surface area (Å²) in [4.78, 5) is 13.1. The van der Waals surface area contributed by atoms with Crippen LogP contribution in [0.4, 0.5) is 5.69 Å². The van der Waals surface area contributed by atoms with Crippen LogP contribution in [0.1, 0.15) is 32.6 Å². The SMILES string of the molecule is CC1CCCCN1CCCNS(=O)(=O)c1cc(N=O)ccc1Oc1cc(O)cc(Cl)c1. The lowest BCUT2D eigenvalue weighted by atomic mass is 10.0. The lowest BCUT2D eigenvalue weighted by Gasteiger charge is -2.33. The largest absolute Gasteiger partial charge is 0.508 e. The van der Waals surface area contributed by atoms with E-state index in [4.69, 9.17) is 16.3 Å². The molecule has 0 saturated carbocycles. The van der Waals surface area contributed by atoms with Gasteiger partial charge in [-0.05, 0) is 74.8 Å². The second kappa shape index (κ2) is 10.4. The second-order valence-electron chi connectivity index (χ2n) is 7.60. The van der Waals surface area contributed by atoms with Gasteiger partial charge in [-0.2, -0.15) is 0 Å². The molecule has 0 aromatic heterocycles. The Morgan fingerprint density at radius 3 is 2.77 bits per heavy atom. The number of nitroso groups, excluding NO2 is 1. The van der Waals surface area contributed by atoms with Crippen LogP contribution < -0.4 is 9.46 Å². The number of ether oxygens (including phenoxy) is 1. The first kappa shape index (κ1) is 23.5. The lowest BCUT2D eigenvalue weighted by Crippen LogP contribution is -2.39. The topological polar surface area (TPSA) is 108 Å². The van der Waals surface area contributed by atoms with Crippen molar-refractivity contribution in [3.8, 4) is 17.2 Å². The third-order valence-corrected chi connectivity index (χ3v) is 6.96. The molecule has 1 aliphatic heterocycles. The van der Waals surface area contributed by atoms with Gasteiger partial charge in [-0.3, -0.25) is 0 Å². The Balaban J connectivity index is 1.73. The first-order valence-corrected chi connectivity index (χ1v) is 12.0. The Morgan fingerprint density at radius 1 is 1.26 bits per heavy atom. The monoisotopic (exact) mass is 467 g/mol. The van der Waals surface area contributed by atoms with Gasteiger partial charge in [0.15, 0.2) is 0 Å². The third-order valence-electron chi connectivity index (χ3n) is 5.26. The molecule has 1 unspecified atom stereocenters. The third kappa shape index (κ3) is 6.39. The fourth-order valence-electron chi connectivity index (χ4n) is 3.64. The number of piperidine rings is 1. The molecule has 0 spiro atoms. The van der Waals surface area contributed by atoms with Crippen molar-refractivity contribution in [3.05, 3.63) is 46.3 Å². The average Bonchev–Trinajstić information content (AvgIpc) is 2.72. The number of nitrogens with one attached hydrogen (secondary N) is 1. The molecule has 2 aromatic carbocycles. The van der Waals surface area contributed by atoms with E-state index in [1.165, 1.54) is 43.2 Å². The zero-order valence-electron chi connectivity index (χ0n) is 17.3. The summed E-state index contributed by atoms with van der Waals surface area (Å²) in [5, 5.41) is 12.8. The molecule has 10 heteroatoms. The summed E-state index contributed by atoms with van der Waals surface area (Å²) >= 11 is 5.92. The summed E-state index contributed by atoms with van der Waals surface area (Å²) in [6, 6.07) is 8.44. The summed E-state index contributed by atoms with van der Waals surface area (Å²) in [7, 11) is -3.97. The Hall–Kier alpha value is -2.20. The molecule has 0 aliphatic carbocycles. The van der Waals surface area contributed by atoms with Gasteiger partial charge in [-0.15, -0.1) is 4.91 Å². The number of hydrogen-bond donors (Lipinski definition) is 2. The predicted molar refractivity (Wildman–Crippen MR) is 120 cm³/mol. The number of phenols is 1. The van der Waals surface area contributed by atoms with E-state index in [1.54, 1.807) is 0 Å². The van der Waals surface area contributed by atoms with Crippen molar-refractivity contribution < 1.29 is 18.3 Å². The fourth-order valence-corrected chi connectivity index (χ4v) is 5.08. The number of sulfonamides is 1. The molecule has 0 bridgehead atoms. The lowest BCUT2D eigenvalue weighted by molar-refractivity contribution is 0.159. The number of hydrogen-bond acceptors (Lipinski definition) is 7. The highest BCUT2D eigenvalue weighted by atomic mass is 35.5. The summed E-state index contributed by atoms with van der Waals surface area (Å²) in [6.07, 6.45) is 4.23. The van der Waals surface area contributed by atoms with Gasteiger partial charge in [-0.1, -0.05) is 18.0 Å². The minimum atomic E-state index is -3.97. The summed E-state index contributed by atoms with van der Waals surface area (Å²) < 4.78 is 34.1. The normalized spacial score (nSPS) is 17.4. The minimum absolute atomic E-state index is 0.00813. The predicted octanol–water partition coefficient (Wildman–Crippen LogP) is 4.78. The van der Waals surface area contributed by atoms with Crippen LogP contribution in [-0.2, 0) is 10.0 Å². The summed E-state index contributed by atoms with van der Waals surface area (Å²) in [6.45, 7) is 4.29. The van der Waals surface area contributed by atoms with Crippen LogP contribution in [0, 0.1) is 4.91 Å². The van der Waals surface area contributed by atoms with Gasteiger partial charge in [0.2, 0.25) is 10.0 Å². The van der Waals surface area contributed by atoms with Crippen LogP contribution in [0.5, 0.6) is 17.2 Å². The van der Waals surface area contributed by atoms with E-state index in [2.05, 4.69) is 21.7 Å². The molecule has 168 valence electrons. The molecule has 1 saturated heterocycles. The molecule has 31 heavy (non-hydrogen) atoms. The highest BCUT2D eigenvalue weighted by molar-refractivity contribution is 7.89. The zero-order chi connectivity index (χ0) is 22.4. The molecule has 0 radical (unpaired) electrons. The molecule has 2 N–H and O–H groups in total. The van der Waals surface area contributed by atoms with Crippen molar-refractivity contribution in [1.82, 2.24) is 9.62 Å². The van der Waals surface area contributed by atoms with E-state index >= 15 is 0 Å². The van der Waals surface area contributed by atoms with Gasteiger partial charge in [0.25, 0.3) is 0 Å². The van der Waals surface area contributed by atoms with E-state index < -0.39 is 10.0 Å². The molecule has 1 atom stereocenters. The highest BCUT2D eigenvalue weighted by Crippen LogP contribution is 2.34. The molecule has 2 aromatic rings. The summed E-state index contributed by atoms with van der Waals surface area (Å²) in [5.41, 5.74) is -0.0381. The molecular weight excluding hydrogens is 442 g/mol. The van der Waals surface area contributed by atoms with Crippen molar-refractivity contribution >= 4 is 27.3 Å². The maximum absolute atomic E-state index is 12.9. The minimum Gasteiger partial charge on any atom is -0.508 e. The molecule has 0 amide bonds. The number of phenolic OH excluding ortho intramolecular Hbond substituents is 1. The van der Waals surface area contributed by atoms with Crippen LogP contribution >= 0.6 is 11.6 Å². The number of aromatic hydroxyl groups is 1. The van der Waals surface area contributed by atoms with E-state index in [9.17, 15) is 18.4 Å². The van der Waals surface area contributed by atoms with Gasteiger partial charge in [0.05, 0.1) is 0 Å². The van der Waals surface area contributed by atoms with Crippen molar-refractivity contribution in [1.29, 1.82) is 0 Å². The Labute approximate surface area is 187 Å². The highest BCUT2D eigenvalue weighted by Gasteiger charge is 2.22. The Bertz CT molecular complexity index is 1010. The standard InChI is InChI=1S/C21H26ClN3O5S/c1-15-5-2-3-9-25(15)10-4-8-23-31(28,29)21-13-17(24-27)6-7-20(21)30-19-12-16(22)11-18(26)14-19/h6-7,11-15,23,26H,2-5,8-10H2,1H3. The number of likely N-dealkylation sites (tertiary alicyclic amines) is 1. The molecule has 8 nitrogen and oxygen atoms in total. The Kier molecular flexibility index (Phi) is 7.88. The van der Waals surface area contributed by atoms with Gasteiger partial charge in [0.1, 0.15) is 27.8 Å². The first-order chi connectivity index (χ1) is 14.8. The van der Waals surface area contributed by atoms with E-state index in [0.717, 1.165) is 25.6 Å². The number of rotatable bonds is 9. The number of halogens is 1. The van der Waals surface area contributed by atoms with Crippen molar-refractivity contribution in [2.45, 2.75) is 43.5 Å². The van der Waals surface area contributed by atoms with Crippen LogP contribution in [0.3, 0.4) is 0 Å². The second-order valence-corrected chi connectivity index (χ2v) is 9.77. The van der Waals surface area contributed by atoms with Gasteiger partial charge < -0.3 is 14.7 Å². The maximum atomic E-state index is 12.9.